The van der Waals surface area contributed by atoms with Crippen LogP contribution in [-0.4, -0.2) is 0 Å². The maximum Gasteiger partial charge on any atom is 0.0973 e. The van der Waals surface area contributed by atoms with Gasteiger partial charge in [-0.2, -0.15) is 0 Å². The Morgan fingerprint density at radius 3 is 1.59 bits per heavy atom. The van der Waals surface area contributed by atoms with E-state index >= 15 is 0 Å². The van der Waals surface area contributed by atoms with Crippen molar-refractivity contribution in [3.63, 3.8) is 0 Å². The van der Waals surface area contributed by atoms with Crippen LogP contribution in [0.1, 0.15) is 22.3 Å². The molecule has 4 heteroatoms. The summed E-state index contributed by atoms with van der Waals surface area (Å²) < 4.78 is 2.48. The molecule has 13 rings (SSSR count). The summed E-state index contributed by atoms with van der Waals surface area (Å²) in [6.45, 7) is 0. The quantitative estimate of drug-likeness (QED) is 0.165. The zero-order valence-corrected chi connectivity index (χ0v) is 35.6. The molecule has 1 aliphatic heterocycles. The fourth-order valence-corrected chi connectivity index (χ4v) is 12.8. The van der Waals surface area contributed by atoms with Crippen molar-refractivity contribution < 1.29 is 0 Å². The highest BCUT2D eigenvalue weighted by atomic mass is 32.2. The van der Waals surface area contributed by atoms with Crippen LogP contribution in [0.15, 0.2) is 228 Å². The molecule has 1 spiro atoms. The van der Waals surface area contributed by atoms with Gasteiger partial charge >= 0.3 is 0 Å². The second-order valence-electron chi connectivity index (χ2n) is 16.2. The summed E-state index contributed by atoms with van der Waals surface area (Å²) in [5.41, 5.74) is 13.9. The lowest BCUT2D eigenvalue weighted by Gasteiger charge is -2.40. The van der Waals surface area contributed by atoms with Gasteiger partial charge in [-0.05, 0) is 124 Å². The molecule has 2 nitrogen and oxygen atoms in total. The van der Waals surface area contributed by atoms with Crippen molar-refractivity contribution in [1.82, 2.24) is 0 Å². The fraction of sp³-hybridized carbons (Fsp3) is 0.0169. The standard InChI is InChI=1S/C59H36N2S2/c1-4-18-39(19-5-1)60(40-20-6-2-7-21-40)42-32-34-45-46-35-33-43(37-57(46)63-56(45)36-42)61(41-22-8-3-9-23-41)53-38-52-58(47-25-11-10-24-44(47)53)48-26-12-13-27-49(48)59(52)50-28-14-16-30-54(50)62-55-31-17-15-29-51(55)59/h1-8,10-22,24-38H. The molecular formula is C59H36N2S2. The van der Waals surface area contributed by atoms with Gasteiger partial charge in [0, 0.05) is 58.1 Å². The zero-order chi connectivity index (χ0) is 41.5. The first kappa shape index (κ1) is 36.1. The van der Waals surface area contributed by atoms with E-state index in [0.717, 1.165) is 34.1 Å². The van der Waals surface area contributed by atoms with Crippen LogP contribution in [-0.2, 0) is 5.41 Å². The molecule has 11 aromatic rings. The van der Waals surface area contributed by atoms with E-state index in [9.17, 15) is 0 Å². The second kappa shape index (κ2) is 14.3. The van der Waals surface area contributed by atoms with Crippen molar-refractivity contribution in [2.75, 3.05) is 9.80 Å². The lowest BCUT2D eigenvalue weighted by Crippen LogP contribution is -2.32. The minimum absolute atomic E-state index is 0.512. The first-order valence-electron chi connectivity index (χ1n) is 21.3. The molecule has 1 aromatic heterocycles. The van der Waals surface area contributed by atoms with E-state index in [0.29, 0.717) is 0 Å². The number of anilines is 6. The van der Waals surface area contributed by atoms with Crippen LogP contribution in [0, 0.1) is 12.1 Å². The van der Waals surface area contributed by atoms with E-state index < -0.39 is 5.41 Å². The largest absolute Gasteiger partial charge is 0.310 e. The van der Waals surface area contributed by atoms with Gasteiger partial charge in [-0.25, -0.2) is 0 Å². The van der Waals surface area contributed by atoms with Gasteiger partial charge in [0.05, 0.1) is 16.8 Å². The Hall–Kier alpha value is -7.55. The molecule has 0 unspecified atom stereocenters. The summed E-state index contributed by atoms with van der Waals surface area (Å²) in [5.74, 6) is 0. The summed E-state index contributed by atoms with van der Waals surface area (Å²) in [5, 5.41) is 4.94. The molecule has 63 heavy (non-hydrogen) atoms. The Balaban J connectivity index is 1.04. The van der Waals surface area contributed by atoms with E-state index in [4.69, 9.17) is 0 Å². The highest BCUT2D eigenvalue weighted by molar-refractivity contribution is 7.99. The normalized spacial score (nSPS) is 13.0. The summed E-state index contributed by atoms with van der Waals surface area (Å²) in [6.07, 6.45) is 0. The highest BCUT2D eigenvalue weighted by Crippen LogP contribution is 2.64. The zero-order valence-electron chi connectivity index (χ0n) is 34.0. The SMILES string of the molecule is c1cccc(N(c2ccc3c(c2)sc2cc(N(c4ccccc4)c4ccccc4)ccc23)c2cc3c(c4ccccc24)-c2ccccc2C32c3ccccc3Sc3ccccc32)c#1. The Morgan fingerprint density at radius 2 is 0.952 bits per heavy atom. The molecule has 0 saturated heterocycles. The minimum Gasteiger partial charge on any atom is -0.310 e. The van der Waals surface area contributed by atoms with E-state index in [1.807, 2.05) is 29.2 Å². The number of hydrogen-bond donors (Lipinski definition) is 0. The van der Waals surface area contributed by atoms with E-state index in [1.165, 1.54) is 74.1 Å². The van der Waals surface area contributed by atoms with Crippen molar-refractivity contribution >= 4 is 88.2 Å². The van der Waals surface area contributed by atoms with Crippen LogP contribution in [0.4, 0.5) is 34.1 Å². The van der Waals surface area contributed by atoms with Crippen molar-refractivity contribution in [2.24, 2.45) is 0 Å². The number of nitrogens with zero attached hydrogens (tertiary/aromatic N) is 2. The summed E-state index contributed by atoms with van der Waals surface area (Å²) in [7, 11) is 0. The monoisotopic (exact) mass is 836 g/mol. The van der Waals surface area contributed by atoms with Gasteiger partial charge in [0.1, 0.15) is 0 Å². The second-order valence-corrected chi connectivity index (χ2v) is 18.4. The summed E-state index contributed by atoms with van der Waals surface area (Å²) >= 11 is 3.73. The number of hydrogen-bond acceptors (Lipinski definition) is 4. The topological polar surface area (TPSA) is 6.48 Å². The Kier molecular flexibility index (Phi) is 8.18. The average molecular weight is 837 g/mol. The predicted octanol–water partition coefficient (Wildman–Crippen LogP) is 16.6. The molecule has 294 valence electrons. The van der Waals surface area contributed by atoms with Crippen LogP contribution in [0.2, 0.25) is 0 Å². The van der Waals surface area contributed by atoms with Crippen LogP contribution >= 0.6 is 23.1 Å². The van der Waals surface area contributed by atoms with Crippen molar-refractivity contribution in [2.45, 2.75) is 15.2 Å². The lowest BCUT2D eigenvalue weighted by molar-refractivity contribution is 0.723. The maximum absolute atomic E-state index is 3.54. The van der Waals surface area contributed by atoms with E-state index in [1.54, 1.807) is 0 Å². The van der Waals surface area contributed by atoms with Gasteiger partial charge in [0.25, 0.3) is 0 Å². The summed E-state index contributed by atoms with van der Waals surface area (Å²) in [6, 6.07) is 86.9. The lowest BCUT2D eigenvalue weighted by atomic mass is 9.67. The van der Waals surface area contributed by atoms with E-state index in [-0.39, 0.29) is 0 Å². The van der Waals surface area contributed by atoms with Gasteiger partial charge in [-0.3, -0.25) is 0 Å². The van der Waals surface area contributed by atoms with Crippen molar-refractivity contribution in [3.05, 3.63) is 253 Å². The molecule has 0 bridgehead atoms. The number of thiophene rings is 1. The van der Waals surface area contributed by atoms with Crippen LogP contribution in [0.5, 0.6) is 0 Å². The van der Waals surface area contributed by atoms with Crippen molar-refractivity contribution in [3.8, 4) is 11.1 Å². The van der Waals surface area contributed by atoms with Crippen LogP contribution in [0.25, 0.3) is 42.1 Å². The Labute approximate surface area is 375 Å². The third kappa shape index (κ3) is 5.41. The third-order valence-electron chi connectivity index (χ3n) is 12.9. The molecule has 0 saturated carbocycles. The minimum atomic E-state index is -0.512. The Morgan fingerprint density at radius 1 is 0.397 bits per heavy atom. The highest BCUT2D eigenvalue weighted by Gasteiger charge is 2.51. The van der Waals surface area contributed by atoms with Gasteiger partial charge in [-0.15, -0.1) is 11.3 Å². The number of para-hydroxylation sites is 2. The molecule has 0 amide bonds. The molecule has 10 aromatic carbocycles. The average Bonchev–Trinajstić information content (AvgIpc) is 3.86. The molecular weight excluding hydrogens is 801 g/mol. The number of rotatable bonds is 6. The first-order valence-corrected chi connectivity index (χ1v) is 23.0. The smallest absolute Gasteiger partial charge is 0.0973 e. The Bertz CT molecular complexity index is 3480. The first-order chi connectivity index (χ1) is 31.3. The summed E-state index contributed by atoms with van der Waals surface area (Å²) in [4.78, 5) is 7.34. The van der Waals surface area contributed by atoms with Gasteiger partial charge in [-0.1, -0.05) is 157 Å². The molecule has 1 aliphatic carbocycles. The molecule has 0 fully saturated rings. The fourth-order valence-electron chi connectivity index (χ4n) is 10.4. The molecule has 0 N–H and O–H groups in total. The number of fused-ring (bicyclic) bond motifs is 14. The number of benzene rings is 9. The van der Waals surface area contributed by atoms with Gasteiger partial charge in [0.15, 0.2) is 0 Å². The molecule has 2 heterocycles. The van der Waals surface area contributed by atoms with Crippen LogP contribution in [0.3, 0.4) is 0 Å². The maximum atomic E-state index is 3.54. The van der Waals surface area contributed by atoms with Crippen molar-refractivity contribution in [1.29, 1.82) is 0 Å². The molecule has 0 radical (unpaired) electrons. The molecule has 2 aliphatic rings. The molecule has 0 atom stereocenters. The predicted molar refractivity (Wildman–Crippen MR) is 265 cm³/mol. The third-order valence-corrected chi connectivity index (χ3v) is 15.2. The van der Waals surface area contributed by atoms with Gasteiger partial charge < -0.3 is 9.80 Å². The van der Waals surface area contributed by atoms with Gasteiger partial charge in [0.2, 0.25) is 0 Å². The van der Waals surface area contributed by atoms with E-state index in [2.05, 4.69) is 234 Å². The van der Waals surface area contributed by atoms with Crippen LogP contribution < -0.4 is 9.80 Å².